The van der Waals surface area contributed by atoms with Gasteiger partial charge in [0.2, 0.25) is 5.91 Å². The van der Waals surface area contributed by atoms with Crippen LogP contribution in [0.2, 0.25) is 0 Å². The first-order valence-electron chi connectivity index (χ1n) is 9.47. The Bertz CT molecular complexity index is 689. The maximum Gasteiger partial charge on any atom is 0.255 e. The van der Waals surface area contributed by atoms with Crippen LogP contribution in [0, 0.1) is 0 Å². The highest BCUT2D eigenvalue weighted by atomic mass is 16.3. The van der Waals surface area contributed by atoms with Gasteiger partial charge in [0.25, 0.3) is 5.91 Å². The molecule has 0 spiro atoms. The number of aliphatic hydroxyl groups excluding tert-OH is 1. The average molecular weight is 359 g/mol. The number of nitrogens with zero attached hydrogens (tertiary/aromatic N) is 2. The van der Waals surface area contributed by atoms with Gasteiger partial charge in [0.1, 0.15) is 12.3 Å². The number of hydrogen-bond donors (Lipinski definition) is 2. The molecule has 3 unspecified atom stereocenters. The third-order valence-corrected chi connectivity index (χ3v) is 5.55. The van der Waals surface area contributed by atoms with Crippen LogP contribution >= 0.6 is 0 Å². The lowest BCUT2D eigenvalue weighted by molar-refractivity contribution is -0.132. The summed E-state index contributed by atoms with van der Waals surface area (Å²) in [6.07, 6.45) is 2.33. The Morgan fingerprint density at radius 1 is 1.31 bits per heavy atom. The molecule has 1 aromatic rings. The van der Waals surface area contributed by atoms with Crippen LogP contribution in [-0.2, 0) is 11.3 Å². The van der Waals surface area contributed by atoms with E-state index in [1.807, 2.05) is 6.07 Å². The van der Waals surface area contributed by atoms with Crippen molar-refractivity contribution in [3.05, 3.63) is 34.9 Å². The van der Waals surface area contributed by atoms with Crippen LogP contribution in [0.4, 0.5) is 0 Å². The molecule has 0 aliphatic carbocycles. The molecular weight excluding hydrogens is 330 g/mol. The smallest absolute Gasteiger partial charge is 0.255 e. The van der Waals surface area contributed by atoms with E-state index in [9.17, 15) is 14.7 Å². The number of nitrogens with one attached hydrogen (secondary N) is 1. The minimum atomic E-state index is -0.799. The van der Waals surface area contributed by atoms with Gasteiger partial charge in [-0.05, 0) is 69.4 Å². The summed E-state index contributed by atoms with van der Waals surface area (Å²) in [5.74, 6) is 0.131. The molecule has 0 radical (unpaired) electrons. The van der Waals surface area contributed by atoms with Crippen LogP contribution in [0.3, 0.4) is 0 Å². The summed E-state index contributed by atoms with van der Waals surface area (Å²) < 4.78 is 0. The maximum atomic E-state index is 12.8. The predicted octanol–water partition coefficient (Wildman–Crippen LogP) is 1.68. The number of rotatable bonds is 6. The Labute approximate surface area is 155 Å². The van der Waals surface area contributed by atoms with Crippen LogP contribution in [0.5, 0.6) is 0 Å². The summed E-state index contributed by atoms with van der Waals surface area (Å²) in [5.41, 5.74) is 2.98. The SMILES string of the molecule is CCC(CCN(C)C)c1ccc2c(c1)CN(C1CCC(O)NC1=O)C2=O. The fourth-order valence-electron chi connectivity index (χ4n) is 3.97. The second-order valence-electron chi connectivity index (χ2n) is 7.66. The minimum absolute atomic E-state index is 0.0792. The van der Waals surface area contributed by atoms with Crippen LogP contribution in [0.15, 0.2) is 18.2 Å². The van der Waals surface area contributed by atoms with Crippen molar-refractivity contribution in [2.24, 2.45) is 0 Å². The first kappa shape index (κ1) is 18.9. The second kappa shape index (κ2) is 7.76. The van der Waals surface area contributed by atoms with E-state index in [2.05, 4.69) is 43.4 Å². The highest BCUT2D eigenvalue weighted by Crippen LogP contribution is 2.32. The van der Waals surface area contributed by atoms with Crippen molar-refractivity contribution in [3.63, 3.8) is 0 Å². The zero-order valence-electron chi connectivity index (χ0n) is 15.9. The van der Waals surface area contributed by atoms with Gasteiger partial charge < -0.3 is 20.2 Å². The van der Waals surface area contributed by atoms with E-state index >= 15 is 0 Å². The molecule has 2 aliphatic rings. The number of amides is 2. The first-order valence-corrected chi connectivity index (χ1v) is 9.47. The molecule has 2 amide bonds. The van der Waals surface area contributed by atoms with E-state index in [0.29, 0.717) is 30.9 Å². The van der Waals surface area contributed by atoms with Crippen LogP contribution < -0.4 is 5.32 Å². The third kappa shape index (κ3) is 3.76. The van der Waals surface area contributed by atoms with E-state index in [1.54, 1.807) is 4.90 Å². The Morgan fingerprint density at radius 2 is 2.08 bits per heavy atom. The molecule has 1 fully saturated rings. The largest absolute Gasteiger partial charge is 0.374 e. The van der Waals surface area contributed by atoms with Crippen molar-refractivity contribution in [2.75, 3.05) is 20.6 Å². The first-order chi connectivity index (χ1) is 12.4. The van der Waals surface area contributed by atoms with Gasteiger partial charge in [-0.15, -0.1) is 0 Å². The summed E-state index contributed by atoms with van der Waals surface area (Å²) in [4.78, 5) is 28.8. The van der Waals surface area contributed by atoms with Gasteiger partial charge in [-0.2, -0.15) is 0 Å². The van der Waals surface area contributed by atoms with E-state index in [-0.39, 0.29) is 11.8 Å². The predicted molar refractivity (Wildman–Crippen MR) is 99.7 cm³/mol. The van der Waals surface area contributed by atoms with Gasteiger partial charge in [-0.25, -0.2) is 0 Å². The Kier molecular flexibility index (Phi) is 5.63. The van der Waals surface area contributed by atoms with Crippen molar-refractivity contribution < 1.29 is 14.7 Å². The zero-order valence-corrected chi connectivity index (χ0v) is 15.9. The fourth-order valence-corrected chi connectivity index (χ4v) is 3.97. The lowest BCUT2D eigenvalue weighted by Gasteiger charge is -2.32. The molecule has 0 bridgehead atoms. The monoisotopic (exact) mass is 359 g/mol. The van der Waals surface area contributed by atoms with Crippen molar-refractivity contribution >= 4 is 11.8 Å². The number of carbonyl (C=O) groups is 2. The molecule has 6 heteroatoms. The maximum absolute atomic E-state index is 12.8. The molecule has 1 saturated heterocycles. The summed E-state index contributed by atoms with van der Waals surface area (Å²) >= 11 is 0. The van der Waals surface area contributed by atoms with E-state index in [1.165, 1.54) is 5.56 Å². The summed E-state index contributed by atoms with van der Waals surface area (Å²) in [7, 11) is 4.16. The fraction of sp³-hybridized carbons (Fsp3) is 0.600. The summed E-state index contributed by atoms with van der Waals surface area (Å²) in [5, 5.41) is 12.1. The van der Waals surface area contributed by atoms with E-state index in [0.717, 1.165) is 24.9 Å². The number of piperidine rings is 1. The summed E-state index contributed by atoms with van der Waals surface area (Å²) in [6, 6.07) is 5.64. The lowest BCUT2D eigenvalue weighted by Crippen LogP contribution is -2.54. The highest BCUT2D eigenvalue weighted by molar-refractivity contribution is 6.01. The van der Waals surface area contributed by atoms with Crippen molar-refractivity contribution in [3.8, 4) is 0 Å². The molecule has 2 aliphatic heterocycles. The van der Waals surface area contributed by atoms with Crippen LogP contribution in [0.1, 0.15) is 60.0 Å². The van der Waals surface area contributed by atoms with Crippen LogP contribution in [-0.4, -0.2) is 59.6 Å². The van der Waals surface area contributed by atoms with Crippen LogP contribution in [0.25, 0.3) is 0 Å². The molecule has 3 rings (SSSR count). The van der Waals surface area contributed by atoms with Crippen molar-refractivity contribution in [2.45, 2.75) is 57.3 Å². The zero-order chi connectivity index (χ0) is 18.8. The standard InChI is InChI=1S/C20H29N3O3/c1-4-13(9-10-22(2)3)14-5-6-16-15(11-14)12-23(20(16)26)17-7-8-18(24)21-19(17)25/h5-6,11,13,17-18,24H,4,7-10,12H2,1-3H3,(H,21,25). The van der Waals surface area contributed by atoms with Gasteiger partial charge in [0, 0.05) is 12.1 Å². The number of benzene rings is 1. The molecule has 6 nitrogen and oxygen atoms in total. The molecule has 0 saturated carbocycles. The Hall–Kier alpha value is -1.92. The number of fused-ring (bicyclic) bond motifs is 1. The van der Waals surface area contributed by atoms with Crippen molar-refractivity contribution in [1.29, 1.82) is 0 Å². The molecular formula is C20H29N3O3. The number of aliphatic hydroxyl groups is 1. The minimum Gasteiger partial charge on any atom is -0.374 e. The normalized spacial score (nSPS) is 24.0. The van der Waals surface area contributed by atoms with Gasteiger partial charge in [-0.3, -0.25) is 9.59 Å². The lowest BCUT2D eigenvalue weighted by atomic mass is 9.91. The topological polar surface area (TPSA) is 72.9 Å². The van der Waals surface area contributed by atoms with E-state index < -0.39 is 12.3 Å². The molecule has 142 valence electrons. The molecule has 3 atom stereocenters. The van der Waals surface area contributed by atoms with Gasteiger partial charge in [0.15, 0.2) is 0 Å². The molecule has 2 N–H and O–H groups in total. The molecule has 26 heavy (non-hydrogen) atoms. The number of carbonyl (C=O) groups excluding carboxylic acids is 2. The molecule has 1 aromatic carbocycles. The van der Waals surface area contributed by atoms with Crippen molar-refractivity contribution in [1.82, 2.24) is 15.1 Å². The average Bonchev–Trinajstić information content (AvgIpc) is 2.91. The van der Waals surface area contributed by atoms with Gasteiger partial charge >= 0.3 is 0 Å². The molecule has 2 heterocycles. The molecule has 0 aromatic heterocycles. The third-order valence-electron chi connectivity index (χ3n) is 5.55. The summed E-state index contributed by atoms with van der Waals surface area (Å²) in [6.45, 7) is 3.70. The van der Waals surface area contributed by atoms with E-state index in [4.69, 9.17) is 0 Å². The van der Waals surface area contributed by atoms with Gasteiger partial charge in [0.05, 0.1) is 0 Å². The Balaban J connectivity index is 1.76. The van der Waals surface area contributed by atoms with Gasteiger partial charge in [-0.1, -0.05) is 19.1 Å². The second-order valence-corrected chi connectivity index (χ2v) is 7.66. The Morgan fingerprint density at radius 3 is 2.73 bits per heavy atom. The quantitative estimate of drug-likeness (QED) is 0.811. The number of hydrogen-bond acceptors (Lipinski definition) is 4. The highest BCUT2D eigenvalue weighted by Gasteiger charge is 2.39.